The molecule has 3 rings (SSSR count). The lowest BCUT2D eigenvalue weighted by molar-refractivity contribution is -0.137. The normalized spacial score (nSPS) is 11.6. The molecule has 3 nitrogen and oxygen atoms in total. The number of rotatable bonds is 4. The molecular weight excluding hydrogens is 401 g/mol. The van der Waals surface area contributed by atoms with Gasteiger partial charge < -0.3 is 9.47 Å². The number of ether oxygens (including phenoxy) is 2. The quantitative estimate of drug-likeness (QED) is 0.473. The largest absolute Gasteiger partial charge is 0.487 e. The molecule has 0 atom stereocenters. The number of methoxy groups -OCH3 is 1. The third-order valence-electron chi connectivity index (χ3n) is 3.98. The van der Waals surface area contributed by atoms with Crippen LogP contribution in [0.15, 0.2) is 36.4 Å². The van der Waals surface area contributed by atoms with Crippen LogP contribution in [0.4, 0.5) is 13.2 Å². The van der Waals surface area contributed by atoms with Crippen molar-refractivity contribution in [2.24, 2.45) is 0 Å². The van der Waals surface area contributed by atoms with E-state index in [-0.39, 0.29) is 17.9 Å². The van der Waals surface area contributed by atoms with E-state index < -0.39 is 17.7 Å². The zero-order valence-corrected chi connectivity index (χ0v) is 15.9. The van der Waals surface area contributed by atoms with E-state index in [1.165, 1.54) is 30.6 Å². The van der Waals surface area contributed by atoms with Gasteiger partial charge in [0.25, 0.3) is 0 Å². The standard InChI is InChI=1S/C19H14ClF3O3S/c1-10-16(20)15-14(27-10)8-7-13(18(24)25-2)17(15)26-9-11-3-5-12(6-4-11)19(21,22)23/h3-8H,9H2,1-2H3. The van der Waals surface area contributed by atoms with Gasteiger partial charge in [-0.1, -0.05) is 23.7 Å². The molecule has 0 spiro atoms. The Kier molecular flexibility index (Phi) is 5.35. The summed E-state index contributed by atoms with van der Waals surface area (Å²) in [5.74, 6) is -0.326. The van der Waals surface area contributed by atoms with Gasteiger partial charge in [-0.25, -0.2) is 4.79 Å². The molecule has 27 heavy (non-hydrogen) atoms. The topological polar surface area (TPSA) is 35.5 Å². The van der Waals surface area contributed by atoms with Crippen molar-refractivity contribution >= 4 is 39.0 Å². The number of halogens is 4. The molecular formula is C19H14ClF3O3S. The minimum absolute atomic E-state index is 0.0214. The van der Waals surface area contributed by atoms with Crippen molar-refractivity contribution in [2.75, 3.05) is 7.11 Å². The minimum atomic E-state index is -4.40. The highest BCUT2D eigenvalue weighted by atomic mass is 35.5. The van der Waals surface area contributed by atoms with E-state index in [2.05, 4.69) is 0 Å². The molecule has 0 aliphatic rings. The van der Waals surface area contributed by atoms with Gasteiger partial charge in [-0.3, -0.25) is 0 Å². The molecule has 3 aromatic rings. The number of carbonyl (C=O) groups excluding carboxylic acids is 1. The molecule has 0 amide bonds. The third kappa shape index (κ3) is 3.89. The fourth-order valence-corrected chi connectivity index (χ4v) is 3.92. The van der Waals surface area contributed by atoms with Crippen LogP contribution in [0.3, 0.4) is 0 Å². The van der Waals surface area contributed by atoms with E-state index in [9.17, 15) is 18.0 Å². The number of alkyl halides is 3. The zero-order chi connectivity index (χ0) is 19.8. The molecule has 0 aliphatic carbocycles. The Hall–Kier alpha value is -2.25. The van der Waals surface area contributed by atoms with Crippen molar-refractivity contribution in [3.05, 3.63) is 63.0 Å². The Morgan fingerprint density at radius 3 is 2.41 bits per heavy atom. The summed E-state index contributed by atoms with van der Waals surface area (Å²) >= 11 is 7.83. The molecule has 1 heterocycles. The Morgan fingerprint density at radius 1 is 1.15 bits per heavy atom. The first-order chi connectivity index (χ1) is 12.7. The minimum Gasteiger partial charge on any atom is -0.487 e. The number of aryl methyl sites for hydroxylation is 1. The van der Waals surface area contributed by atoms with Crippen LogP contribution in [0.1, 0.15) is 26.4 Å². The molecule has 0 radical (unpaired) electrons. The van der Waals surface area contributed by atoms with Crippen molar-refractivity contribution in [1.29, 1.82) is 0 Å². The van der Waals surface area contributed by atoms with Crippen LogP contribution in [0.5, 0.6) is 5.75 Å². The van der Waals surface area contributed by atoms with Gasteiger partial charge in [0.1, 0.15) is 17.9 Å². The molecule has 8 heteroatoms. The summed E-state index contributed by atoms with van der Waals surface area (Å²) in [7, 11) is 1.26. The Balaban J connectivity index is 1.96. The first-order valence-electron chi connectivity index (χ1n) is 7.81. The molecule has 0 N–H and O–H groups in total. The number of esters is 1. The summed E-state index contributed by atoms with van der Waals surface area (Å²) in [4.78, 5) is 13.0. The summed E-state index contributed by atoms with van der Waals surface area (Å²) in [6, 6.07) is 7.99. The van der Waals surface area contributed by atoms with E-state index >= 15 is 0 Å². The van der Waals surface area contributed by atoms with Crippen molar-refractivity contribution < 1.29 is 27.4 Å². The summed E-state index contributed by atoms with van der Waals surface area (Å²) < 4.78 is 49.5. The van der Waals surface area contributed by atoms with Gasteiger partial charge in [0.05, 0.1) is 23.1 Å². The van der Waals surface area contributed by atoms with Crippen molar-refractivity contribution in [3.63, 3.8) is 0 Å². The van der Waals surface area contributed by atoms with Crippen LogP contribution in [-0.4, -0.2) is 13.1 Å². The number of thiophene rings is 1. The molecule has 0 saturated heterocycles. The highest BCUT2D eigenvalue weighted by molar-refractivity contribution is 7.19. The predicted molar refractivity (Wildman–Crippen MR) is 98.7 cm³/mol. The number of hydrogen-bond donors (Lipinski definition) is 0. The van der Waals surface area contributed by atoms with E-state index in [1.807, 2.05) is 6.92 Å². The monoisotopic (exact) mass is 414 g/mol. The smallest absolute Gasteiger partial charge is 0.416 e. The van der Waals surface area contributed by atoms with Gasteiger partial charge in [-0.2, -0.15) is 13.2 Å². The van der Waals surface area contributed by atoms with E-state index in [0.717, 1.165) is 21.7 Å². The highest BCUT2D eigenvalue weighted by Crippen LogP contribution is 2.42. The van der Waals surface area contributed by atoms with Crippen molar-refractivity contribution in [1.82, 2.24) is 0 Å². The first-order valence-corrected chi connectivity index (χ1v) is 9.00. The SMILES string of the molecule is COC(=O)c1ccc2sc(C)c(Cl)c2c1OCc1ccc(C(F)(F)F)cc1. The van der Waals surface area contributed by atoms with Gasteiger partial charge in [0, 0.05) is 9.58 Å². The molecule has 0 saturated carbocycles. The van der Waals surface area contributed by atoms with Gasteiger partial charge in [-0.15, -0.1) is 11.3 Å². The zero-order valence-electron chi connectivity index (χ0n) is 14.3. The maximum atomic E-state index is 12.7. The highest BCUT2D eigenvalue weighted by Gasteiger charge is 2.30. The van der Waals surface area contributed by atoms with Crippen LogP contribution in [0, 0.1) is 6.92 Å². The van der Waals surface area contributed by atoms with Crippen LogP contribution in [0.2, 0.25) is 5.02 Å². The molecule has 0 unspecified atom stereocenters. The Labute approximate surface area is 162 Å². The lowest BCUT2D eigenvalue weighted by Gasteiger charge is -2.13. The number of hydrogen-bond acceptors (Lipinski definition) is 4. The molecule has 0 fully saturated rings. The summed E-state index contributed by atoms with van der Waals surface area (Å²) in [5.41, 5.74) is -0.00407. The second-order valence-corrected chi connectivity index (χ2v) is 7.40. The van der Waals surface area contributed by atoms with Crippen LogP contribution in [-0.2, 0) is 17.5 Å². The third-order valence-corrected chi connectivity index (χ3v) is 5.64. The number of fused-ring (bicyclic) bond motifs is 1. The summed E-state index contributed by atoms with van der Waals surface area (Å²) in [6.07, 6.45) is -4.40. The predicted octanol–water partition coefficient (Wildman–Crippen LogP) is 6.25. The molecule has 1 aromatic heterocycles. The van der Waals surface area contributed by atoms with E-state index in [1.54, 1.807) is 12.1 Å². The fraction of sp³-hybridized carbons (Fsp3) is 0.211. The lowest BCUT2D eigenvalue weighted by atomic mass is 10.1. The van der Waals surface area contributed by atoms with Crippen LogP contribution >= 0.6 is 22.9 Å². The Bertz CT molecular complexity index is 994. The van der Waals surface area contributed by atoms with Gasteiger partial charge in [0.2, 0.25) is 0 Å². The van der Waals surface area contributed by atoms with Crippen LogP contribution < -0.4 is 4.74 Å². The van der Waals surface area contributed by atoms with Gasteiger partial charge in [-0.05, 0) is 36.8 Å². The van der Waals surface area contributed by atoms with Gasteiger partial charge >= 0.3 is 12.1 Å². The average Bonchev–Trinajstić information content (AvgIpc) is 2.93. The lowest BCUT2D eigenvalue weighted by Crippen LogP contribution is -2.07. The molecule has 142 valence electrons. The number of carbonyl (C=O) groups is 1. The molecule has 0 aliphatic heterocycles. The summed E-state index contributed by atoms with van der Waals surface area (Å²) in [5, 5.41) is 1.07. The molecule has 2 aromatic carbocycles. The van der Waals surface area contributed by atoms with Crippen molar-refractivity contribution in [2.45, 2.75) is 19.7 Å². The first kappa shape index (κ1) is 19.5. The Morgan fingerprint density at radius 2 is 1.81 bits per heavy atom. The maximum absolute atomic E-state index is 12.7. The summed E-state index contributed by atoms with van der Waals surface area (Å²) in [6.45, 7) is 1.83. The number of benzene rings is 2. The average molecular weight is 415 g/mol. The van der Waals surface area contributed by atoms with Gasteiger partial charge in [0.15, 0.2) is 0 Å². The molecule has 0 bridgehead atoms. The van der Waals surface area contributed by atoms with E-state index in [0.29, 0.717) is 16.0 Å². The van der Waals surface area contributed by atoms with Crippen molar-refractivity contribution in [3.8, 4) is 5.75 Å². The van der Waals surface area contributed by atoms with E-state index in [4.69, 9.17) is 21.1 Å². The second-order valence-electron chi connectivity index (χ2n) is 5.76. The van der Waals surface area contributed by atoms with Crippen LogP contribution in [0.25, 0.3) is 10.1 Å². The maximum Gasteiger partial charge on any atom is 0.416 e. The fourth-order valence-electron chi connectivity index (χ4n) is 2.61. The second kappa shape index (κ2) is 7.40.